The van der Waals surface area contributed by atoms with Crippen LogP contribution in [-0.4, -0.2) is 9.13 Å². The highest BCUT2D eigenvalue weighted by atomic mass is 16.1. The lowest BCUT2D eigenvalue weighted by molar-refractivity contribution is 0.681. The molecular formula is C14H19N3O. The molecule has 96 valence electrons. The first-order valence-corrected chi connectivity index (χ1v) is 6.24. The fraction of sp³-hybridized carbons (Fsp3) is 0.357. The first-order valence-electron chi connectivity index (χ1n) is 6.24. The highest BCUT2D eigenvalue weighted by Crippen LogP contribution is 2.07. The van der Waals surface area contributed by atoms with Crippen molar-refractivity contribution in [2.75, 3.05) is 5.32 Å². The molecule has 0 amide bonds. The van der Waals surface area contributed by atoms with Gasteiger partial charge in [0, 0.05) is 44.8 Å². The lowest BCUT2D eigenvalue weighted by Crippen LogP contribution is -2.15. The molecule has 18 heavy (non-hydrogen) atoms. The molecule has 2 rings (SSSR count). The van der Waals surface area contributed by atoms with Crippen LogP contribution in [0.4, 0.5) is 5.69 Å². The van der Waals surface area contributed by atoms with Crippen molar-refractivity contribution in [3.05, 3.63) is 52.7 Å². The molecule has 0 aliphatic heterocycles. The summed E-state index contributed by atoms with van der Waals surface area (Å²) in [5.41, 5.74) is 2.22. The van der Waals surface area contributed by atoms with E-state index in [1.807, 2.05) is 12.3 Å². The fourth-order valence-electron chi connectivity index (χ4n) is 1.89. The Morgan fingerprint density at radius 1 is 1.22 bits per heavy atom. The Hall–Kier alpha value is -1.97. The quantitative estimate of drug-likeness (QED) is 0.877. The molecule has 2 heterocycles. The average molecular weight is 245 g/mol. The summed E-state index contributed by atoms with van der Waals surface area (Å²) in [7, 11) is 1.76. The minimum absolute atomic E-state index is 0.00893. The van der Waals surface area contributed by atoms with Gasteiger partial charge in [-0.05, 0) is 24.1 Å². The van der Waals surface area contributed by atoms with Crippen molar-refractivity contribution in [1.29, 1.82) is 0 Å². The molecule has 4 heteroatoms. The maximum atomic E-state index is 11.3. The van der Waals surface area contributed by atoms with Gasteiger partial charge in [-0.15, -0.1) is 0 Å². The Morgan fingerprint density at radius 2 is 2.06 bits per heavy atom. The third-order valence-corrected chi connectivity index (χ3v) is 2.88. The predicted octanol–water partition coefficient (Wildman–Crippen LogP) is 2.21. The van der Waals surface area contributed by atoms with E-state index < -0.39 is 0 Å². The molecule has 4 nitrogen and oxygen atoms in total. The molecule has 2 aromatic rings. The van der Waals surface area contributed by atoms with Gasteiger partial charge >= 0.3 is 0 Å². The Labute approximate surface area is 107 Å². The van der Waals surface area contributed by atoms with Gasteiger partial charge in [-0.3, -0.25) is 4.79 Å². The predicted molar refractivity (Wildman–Crippen MR) is 73.7 cm³/mol. The van der Waals surface area contributed by atoms with E-state index >= 15 is 0 Å². The molecule has 0 spiro atoms. The molecule has 0 aromatic carbocycles. The Bertz CT molecular complexity index is 568. The molecule has 0 fully saturated rings. The van der Waals surface area contributed by atoms with Gasteiger partial charge in [-0.2, -0.15) is 0 Å². The number of nitrogens with one attached hydrogen (secondary N) is 1. The van der Waals surface area contributed by atoms with Gasteiger partial charge in [0.15, 0.2) is 0 Å². The van der Waals surface area contributed by atoms with E-state index in [2.05, 4.69) is 35.3 Å². The molecular weight excluding hydrogens is 226 g/mol. The minimum atomic E-state index is 0.00893. The van der Waals surface area contributed by atoms with Gasteiger partial charge in [0.2, 0.25) is 5.56 Å². The van der Waals surface area contributed by atoms with Crippen molar-refractivity contribution in [3.63, 3.8) is 0 Å². The van der Waals surface area contributed by atoms with Crippen LogP contribution in [0.25, 0.3) is 0 Å². The van der Waals surface area contributed by atoms with Gasteiger partial charge in [0.1, 0.15) is 0 Å². The largest absolute Gasteiger partial charge is 0.380 e. The van der Waals surface area contributed by atoms with Gasteiger partial charge < -0.3 is 14.5 Å². The van der Waals surface area contributed by atoms with Gasteiger partial charge in [0.25, 0.3) is 0 Å². The number of nitrogens with zero attached hydrogens (tertiary/aromatic N) is 2. The number of anilines is 1. The Morgan fingerprint density at radius 3 is 2.78 bits per heavy atom. The van der Waals surface area contributed by atoms with Crippen LogP contribution in [-0.2, 0) is 20.1 Å². The zero-order valence-corrected chi connectivity index (χ0v) is 10.9. The van der Waals surface area contributed by atoms with Gasteiger partial charge in [-0.1, -0.05) is 6.92 Å². The molecule has 2 aromatic heterocycles. The number of hydrogen-bond acceptors (Lipinski definition) is 2. The summed E-state index contributed by atoms with van der Waals surface area (Å²) in [5, 5.41) is 3.31. The molecule has 0 bridgehead atoms. The van der Waals surface area contributed by atoms with Crippen molar-refractivity contribution in [2.24, 2.45) is 7.05 Å². The van der Waals surface area contributed by atoms with Crippen molar-refractivity contribution >= 4 is 5.69 Å². The molecule has 0 radical (unpaired) electrons. The Kier molecular flexibility index (Phi) is 3.87. The normalized spacial score (nSPS) is 10.6. The van der Waals surface area contributed by atoms with Crippen LogP contribution in [0.1, 0.15) is 18.9 Å². The van der Waals surface area contributed by atoms with Crippen LogP contribution < -0.4 is 10.9 Å². The highest BCUT2D eigenvalue weighted by molar-refractivity contribution is 5.40. The second kappa shape index (κ2) is 5.58. The smallest absolute Gasteiger partial charge is 0.250 e. The van der Waals surface area contributed by atoms with E-state index in [-0.39, 0.29) is 5.56 Å². The van der Waals surface area contributed by atoms with Crippen LogP contribution in [0.2, 0.25) is 0 Å². The van der Waals surface area contributed by atoms with Crippen LogP contribution >= 0.6 is 0 Å². The summed E-state index contributed by atoms with van der Waals surface area (Å²) in [6, 6.07) is 5.50. The topological polar surface area (TPSA) is 39.0 Å². The average Bonchev–Trinajstić information content (AvgIpc) is 2.79. The number of aromatic nitrogens is 2. The first-order chi connectivity index (χ1) is 8.69. The molecule has 1 N–H and O–H groups in total. The number of pyridine rings is 1. The van der Waals surface area contributed by atoms with E-state index in [4.69, 9.17) is 0 Å². The standard InChI is InChI=1S/C14H19N3O/c1-3-7-17-8-6-12(10-17)9-15-13-4-5-14(18)16(2)11-13/h4-6,8,10-11,15H,3,7,9H2,1-2H3. The SMILES string of the molecule is CCCn1ccc(CNc2ccc(=O)n(C)c2)c1. The number of rotatable bonds is 5. The monoisotopic (exact) mass is 245 g/mol. The van der Waals surface area contributed by atoms with Crippen LogP contribution in [0.3, 0.4) is 0 Å². The highest BCUT2D eigenvalue weighted by Gasteiger charge is 1.98. The zero-order valence-electron chi connectivity index (χ0n) is 10.9. The van der Waals surface area contributed by atoms with Crippen LogP contribution in [0, 0.1) is 0 Å². The van der Waals surface area contributed by atoms with E-state index in [9.17, 15) is 4.79 Å². The molecule has 0 aliphatic carbocycles. The summed E-state index contributed by atoms with van der Waals surface area (Å²) < 4.78 is 3.77. The maximum absolute atomic E-state index is 11.3. The third kappa shape index (κ3) is 3.03. The summed E-state index contributed by atoms with van der Waals surface area (Å²) in [6.07, 6.45) is 7.20. The fourth-order valence-corrected chi connectivity index (χ4v) is 1.89. The van der Waals surface area contributed by atoms with Crippen molar-refractivity contribution in [1.82, 2.24) is 9.13 Å². The molecule has 0 aliphatic rings. The Balaban J connectivity index is 1.97. The molecule has 0 saturated heterocycles. The van der Waals surface area contributed by atoms with Gasteiger partial charge in [-0.25, -0.2) is 0 Å². The second-order valence-electron chi connectivity index (χ2n) is 4.48. The molecule has 0 saturated carbocycles. The summed E-state index contributed by atoms with van der Waals surface area (Å²) in [4.78, 5) is 11.3. The molecule has 0 atom stereocenters. The van der Waals surface area contributed by atoms with Crippen molar-refractivity contribution in [2.45, 2.75) is 26.4 Å². The van der Waals surface area contributed by atoms with Crippen LogP contribution in [0.15, 0.2) is 41.6 Å². The number of hydrogen-bond donors (Lipinski definition) is 1. The maximum Gasteiger partial charge on any atom is 0.250 e. The van der Waals surface area contributed by atoms with Crippen LogP contribution in [0.5, 0.6) is 0 Å². The van der Waals surface area contributed by atoms with E-state index in [1.165, 1.54) is 5.56 Å². The summed E-state index contributed by atoms with van der Waals surface area (Å²) >= 11 is 0. The van der Waals surface area contributed by atoms with E-state index in [1.54, 1.807) is 17.7 Å². The second-order valence-corrected chi connectivity index (χ2v) is 4.48. The molecule has 0 unspecified atom stereocenters. The van der Waals surface area contributed by atoms with Crippen molar-refractivity contribution < 1.29 is 0 Å². The third-order valence-electron chi connectivity index (χ3n) is 2.88. The van der Waals surface area contributed by atoms with Gasteiger partial charge in [0.05, 0.1) is 5.69 Å². The van der Waals surface area contributed by atoms with E-state index in [0.717, 1.165) is 25.2 Å². The van der Waals surface area contributed by atoms with E-state index in [0.29, 0.717) is 0 Å². The lowest BCUT2D eigenvalue weighted by Gasteiger charge is -2.06. The first kappa shape index (κ1) is 12.5. The van der Waals surface area contributed by atoms with Crippen molar-refractivity contribution in [3.8, 4) is 0 Å². The zero-order chi connectivity index (χ0) is 13.0. The minimum Gasteiger partial charge on any atom is -0.380 e. The summed E-state index contributed by atoms with van der Waals surface area (Å²) in [6.45, 7) is 4.00. The lowest BCUT2D eigenvalue weighted by atomic mass is 10.3. The summed E-state index contributed by atoms with van der Waals surface area (Å²) in [5.74, 6) is 0. The number of aryl methyl sites for hydroxylation is 2.